The molecule has 0 unspecified atom stereocenters. The molecule has 0 fully saturated rings. The average molecular weight is 302 g/mol. The van der Waals surface area contributed by atoms with Crippen LogP contribution >= 0.6 is 0 Å². The van der Waals surface area contributed by atoms with Crippen molar-refractivity contribution in [3.63, 3.8) is 0 Å². The van der Waals surface area contributed by atoms with Crippen LogP contribution in [-0.4, -0.2) is 16.3 Å². The predicted molar refractivity (Wildman–Crippen MR) is 93.7 cm³/mol. The molecule has 1 aromatic heterocycles. The van der Waals surface area contributed by atoms with Crippen LogP contribution < -0.4 is 0 Å². The van der Waals surface area contributed by atoms with Crippen molar-refractivity contribution in [3.8, 4) is 5.75 Å². The van der Waals surface area contributed by atoms with Gasteiger partial charge in [-0.05, 0) is 55.0 Å². The number of aromatic nitrogens is 1. The molecular formula is C20H18N2O. The van der Waals surface area contributed by atoms with Gasteiger partial charge in [-0.2, -0.15) is 0 Å². The van der Waals surface area contributed by atoms with E-state index in [1.54, 1.807) is 12.3 Å². The molecule has 0 bridgehead atoms. The van der Waals surface area contributed by atoms with Gasteiger partial charge in [0.25, 0.3) is 0 Å². The zero-order valence-corrected chi connectivity index (χ0v) is 12.9. The first kappa shape index (κ1) is 13.9. The van der Waals surface area contributed by atoms with Crippen LogP contribution in [0.4, 0.5) is 5.69 Å². The Morgan fingerprint density at radius 2 is 1.83 bits per heavy atom. The van der Waals surface area contributed by atoms with E-state index in [0.29, 0.717) is 5.52 Å². The Balaban J connectivity index is 1.71. The first-order valence-electron chi connectivity index (χ1n) is 8.05. The van der Waals surface area contributed by atoms with Gasteiger partial charge in [0.1, 0.15) is 11.3 Å². The Morgan fingerprint density at radius 1 is 0.957 bits per heavy atom. The number of hydrogen-bond acceptors (Lipinski definition) is 3. The van der Waals surface area contributed by atoms with Gasteiger partial charge in [-0.15, -0.1) is 0 Å². The van der Waals surface area contributed by atoms with E-state index in [2.05, 4.69) is 28.2 Å². The topological polar surface area (TPSA) is 45.5 Å². The maximum Gasteiger partial charge on any atom is 0.141 e. The number of fused-ring (bicyclic) bond motifs is 2. The molecule has 3 nitrogen and oxygen atoms in total. The van der Waals surface area contributed by atoms with E-state index < -0.39 is 0 Å². The summed E-state index contributed by atoms with van der Waals surface area (Å²) in [5, 5.41) is 10.9. The quantitative estimate of drug-likeness (QED) is 0.705. The van der Waals surface area contributed by atoms with Crippen LogP contribution in [-0.2, 0) is 12.8 Å². The summed E-state index contributed by atoms with van der Waals surface area (Å²) in [6.07, 6.45) is 6.55. The smallest absolute Gasteiger partial charge is 0.141 e. The molecule has 4 rings (SSSR count). The third kappa shape index (κ3) is 2.70. The summed E-state index contributed by atoms with van der Waals surface area (Å²) in [5.74, 6) is 0.204. The highest BCUT2D eigenvalue weighted by Crippen LogP contribution is 2.29. The molecule has 1 aliphatic carbocycles. The molecule has 0 spiro atoms. The fourth-order valence-electron chi connectivity index (χ4n) is 3.24. The minimum atomic E-state index is 0.204. The van der Waals surface area contributed by atoms with Crippen LogP contribution in [0.25, 0.3) is 10.9 Å². The van der Waals surface area contributed by atoms with E-state index in [0.717, 1.165) is 29.6 Å². The highest BCUT2D eigenvalue weighted by atomic mass is 16.3. The lowest BCUT2D eigenvalue weighted by molar-refractivity contribution is 0.480. The number of hydrogen-bond donors (Lipinski definition) is 1. The lowest BCUT2D eigenvalue weighted by Crippen LogP contribution is -2.02. The van der Waals surface area contributed by atoms with Crippen LogP contribution in [0.1, 0.15) is 29.7 Å². The predicted octanol–water partition coefficient (Wildman–Crippen LogP) is 4.57. The largest absolute Gasteiger partial charge is 0.506 e. The highest BCUT2D eigenvalue weighted by molar-refractivity contribution is 5.89. The first-order valence-corrected chi connectivity index (χ1v) is 8.05. The summed E-state index contributed by atoms with van der Waals surface area (Å²) in [6, 6.07) is 15.7. The maximum atomic E-state index is 9.93. The summed E-state index contributed by atoms with van der Waals surface area (Å²) in [7, 11) is 0. The van der Waals surface area contributed by atoms with Crippen molar-refractivity contribution in [2.45, 2.75) is 25.7 Å². The number of phenols is 1. The summed E-state index contributed by atoms with van der Waals surface area (Å²) in [4.78, 5) is 9.16. The molecule has 2 aromatic carbocycles. The molecule has 3 aromatic rings. The number of aromatic hydroxyl groups is 1. The highest BCUT2D eigenvalue weighted by Gasteiger charge is 2.12. The van der Waals surface area contributed by atoms with E-state index in [1.807, 2.05) is 24.3 Å². The van der Waals surface area contributed by atoms with Gasteiger partial charge in [0.15, 0.2) is 0 Å². The van der Waals surface area contributed by atoms with Crippen LogP contribution in [0.5, 0.6) is 5.75 Å². The number of rotatable bonds is 2. The average Bonchev–Trinajstić information content (AvgIpc) is 2.60. The number of nitrogens with zero attached hydrogens (tertiary/aromatic N) is 2. The third-order valence-corrected chi connectivity index (χ3v) is 4.43. The Labute approximate surface area is 135 Å². The normalized spacial score (nSPS) is 14.3. The Bertz CT molecular complexity index is 899. The minimum absolute atomic E-state index is 0.204. The van der Waals surface area contributed by atoms with Crippen molar-refractivity contribution in [1.29, 1.82) is 0 Å². The second kappa shape index (κ2) is 5.84. The zero-order valence-electron chi connectivity index (χ0n) is 12.9. The van der Waals surface area contributed by atoms with Crippen molar-refractivity contribution in [2.24, 2.45) is 4.99 Å². The number of phenolic OH excluding ortho intramolecular Hbond substituents is 1. The first-order chi connectivity index (χ1) is 11.3. The molecule has 1 heterocycles. The fraction of sp³-hybridized carbons (Fsp3) is 0.200. The SMILES string of the molecule is Oc1cccc2ccc(C=Nc3cccc4c3CCCC4)nc12. The van der Waals surface area contributed by atoms with Crippen LogP contribution in [0.15, 0.2) is 53.5 Å². The van der Waals surface area contributed by atoms with Crippen molar-refractivity contribution >= 4 is 22.8 Å². The van der Waals surface area contributed by atoms with Gasteiger partial charge >= 0.3 is 0 Å². The van der Waals surface area contributed by atoms with Crippen molar-refractivity contribution in [2.75, 3.05) is 0 Å². The Hall–Kier alpha value is -2.68. The van der Waals surface area contributed by atoms with E-state index >= 15 is 0 Å². The molecule has 0 atom stereocenters. The minimum Gasteiger partial charge on any atom is -0.506 e. The van der Waals surface area contributed by atoms with Gasteiger partial charge in [0.05, 0.1) is 17.6 Å². The molecule has 0 aliphatic heterocycles. The Kier molecular flexibility index (Phi) is 3.54. The number of aliphatic imine (C=N–C) groups is 1. The molecule has 0 amide bonds. The van der Waals surface area contributed by atoms with Gasteiger partial charge in [-0.1, -0.05) is 30.3 Å². The van der Waals surface area contributed by atoms with Gasteiger partial charge in [-0.3, -0.25) is 4.99 Å². The summed E-state index contributed by atoms with van der Waals surface area (Å²) in [5.41, 5.74) is 5.22. The molecule has 0 radical (unpaired) electrons. The molecule has 0 saturated carbocycles. The molecule has 1 N–H and O–H groups in total. The van der Waals surface area contributed by atoms with Crippen LogP contribution in [0, 0.1) is 0 Å². The third-order valence-electron chi connectivity index (χ3n) is 4.43. The second-order valence-corrected chi connectivity index (χ2v) is 5.97. The van der Waals surface area contributed by atoms with Crippen LogP contribution in [0.3, 0.4) is 0 Å². The molecule has 0 saturated heterocycles. The van der Waals surface area contributed by atoms with Crippen LogP contribution in [0.2, 0.25) is 0 Å². The van der Waals surface area contributed by atoms with Gasteiger partial charge in [-0.25, -0.2) is 4.98 Å². The Morgan fingerprint density at radius 3 is 2.78 bits per heavy atom. The van der Waals surface area contributed by atoms with Gasteiger partial charge in [0, 0.05) is 5.39 Å². The van der Waals surface area contributed by atoms with Crippen molar-refractivity contribution < 1.29 is 5.11 Å². The number of para-hydroxylation sites is 1. The summed E-state index contributed by atoms with van der Waals surface area (Å²) in [6.45, 7) is 0. The standard InChI is InChI=1S/C20H18N2O/c23-19-10-4-7-15-11-12-16(22-20(15)19)13-21-18-9-3-6-14-5-1-2-8-17(14)18/h3-4,6-7,9-13,23H,1-2,5,8H2. The molecule has 114 valence electrons. The number of pyridine rings is 1. The molecule has 1 aliphatic rings. The van der Waals surface area contributed by atoms with E-state index in [9.17, 15) is 5.11 Å². The van der Waals surface area contributed by atoms with E-state index in [4.69, 9.17) is 0 Å². The summed E-state index contributed by atoms with van der Waals surface area (Å²) >= 11 is 0. The van der Waals surface area contributed by atoms with Gasteiger partial charge in [0.2, 0.25) is 0 Å². The van der Waals surface area contributed by atoms with Gasteiger partial charge < -0.3 is 5.11 Å². The van der Waals surface area contributed by atoms with Crippen molar-refractivity contribution in [1.82, 2.24) is 4.98 Å². The number of aryl methyl sites for hydroxylation is 1. The van der Waals surface area contributed by atoms with E-state index in [1.165, 1.54) is 24.0 Å². The monoisotopic (exact) mass is 302 g/mol. The fourth-order valence-corrected chi connectivity index (χ4v) is 3.24. The molecular weight excluding hydrogens is 284 g/mol. The number of benzene rings is 2. The molecule has 23 heavy (non-hydrogen) atoms. The van der Waals surface area contributed by atoms with E-state index in [-0.39, 0.29) is 5.75 Å². The lowest BCUT2D eigenvalue weighted by Gasteiger charge is -2.16. The summed E-state index contributed by atoms with van der Waals surface area (Å²) < 4.78 is 0. The lowest BCUT2D eigenvalue weighted by atomic mass is 9.90. The zero-order chi connectivity index (χ0) is 15.6. The molecule has 3 heteroatoms. The second-order valence-electron chi connectivity index (χ2n) is 5.97. The maximum absolute atomic E-state index is 9.93. The van der Waals surface area contributed by atoms with Crippen molar-refractivity contribution in [3.05, 3.63) is 65.4 Å².